The third-order valence-corrected chi connectivity index (χ3v) is 7.50. The molecule has 2 aliphatic heterocycles. The van der Waals surface area contributed by atoms with Crippen LogP contribution in [-0.2, 0) is 31.6 Å². The van der Waals surface area contributed by atoms with Crippen molar-refractivity contribution < 1.29 is 65.4 Å². The first-order chi connectivity index (χ1) is 13.4. The molecular weight excluding hydrogens is 480 g/mol. The van der Waals surface area contributed by atoms with Crippen molar-refractivity contribution in [3.8, 4) is 0 Å². The second kappa shape index (κ2) is 8.51. The number of hydrogen-bond acceptors (Lipinski definition) is 9. The number of halogens is 1. The number of ether oxygens (including phenoxy) is 1. The molecule has 0 aliphatic carbocycles. The molecule has 3 unspecified atom stereocenters. The minimum atomic E-state index is -5.75. The van der Waals surface area contributed by atoms with Crippen LogP contribution < -0.4 is 5.32 Å². The van der Waals surface area contributed by atoms with Gasteiger partial charge in [-0.2, -0.15) is 8.62 Å². The van der Waals surface area contributed by atoms with Gasteiger partial charge in [0.2, 0.25) is 0 Å². The van der Waals surface area contributed by atoms with E-state index in [2.05, 4.69) is 25.0 Å². The van der Waals surface area contributed by atoms with Crippen LogP contribution in [-0.4, -0.2) is 66.3 Å². The van der Waals surface area contributed by atoms with Crippen LogP contribution in [0.5, 0.6) is 0 Å². The topological polar surface area (TPSA) is 222 Å². The maximum Gasteiger partial charge on any atom is 0.490 e. The lowest BCUT2D eigenvalue weighted by molar-refractivity contribution is -0.101. The fourth-order valence-electron chi connectivity index (χ4n) is 2.49. The van der Waals surface area contributed by atoms with Crippen molar-refractivity contribution in [1.82, 2.24) is 10.2 Å². The highest BCUT2D eigenvalue weighted by molar-refractivity contribution is 7.66. The standard InChI is InChI=1S/C11H18FN2O13P3/c1-6-3-4-14(10(15)13-6)9-11(2,16)8(12)7(25-9)5-24-29(20,21)27-30(22,23)26-28(17,18)19/h3-4,7-9,16H,1,5H2,2H3,(H,13,15)(H,20,21)(H,22,23)(H2,17,18,19)/t7-,8+,9-,11?/m1/s1. The molecule has 15 nitrogen and oxygen atoms in total. The highest BCUT2D eigenvalue weighted by Crippen LogP contribution is 2.66. The number of alkyl halides is 1. The van der Waals surface area contributed by atoms with Crippen LogP contribution in [0.4, 0.5) is 9.18 Å². The molecule has 6 N–H and O–H groups in total. The van der Waals surface area contributed by atoms with Gasteiger partial charge in [-0.25, -0.2) is 22.9 Å². The summed E-state index contributed by atoms with van der Waals surface area (Å²) < 4.78 is 64.7. The zero-order valence-electron chi connectivity index (χ0n) is 15.0. The smallest absolute Gasteiger partial charge is 0.382 e. The lowest BCUT2D eigenvalue weighted by Gasteiger charge is -2.34. The van der Waals surface area contributed by atoms with Crippen molar-refractivity contribution in [3.63, 3.8) is 0 Å². The van der Waals surface area contributed by atoms with Gasteiger partial charge in [-0.1, -0.05) is 6.58 Å². The normalized spacial score (nSPS) is 33.8. The molecule has 0 radical (unpaired) electrons. The van der Waals surface area contributed by atoms with E-state index in [9.17, 15) is 32.9 Å². The third kappa shape index (κ3) is 6.26. The molecule has 0 spiro atoms. The summed E-state index contributed by atoms with van der Waals surface area (Å²) in [6.45, 7) is 3.33. The van der Waals surface area contributed by atoms with Gasteiger partial charge in [-0.05, 0) is 13.0 Å². The second-order valence-corrected chi connectivity index (χ2v) is 10.6. The Hall–Kier alpha value is -0.990. The van der Waals surface area contributed by atoms with Crippen molar-refractivity contribution in [2.75, 3.05) is 6.61 Å². The maximum absolute atomic E-state index is 14.6. The zero-order valence-corrected chi connectivity index (χ0v) is 17.7. The van der Waals surface area contributed by atoms with E-state index in [4.69, 9.17) is 19.4 Å². The first kappa shape index (κ1) is 25.3. The van der Waals surface area contributed by atoms with Gasteiger partial charge in [0.05, 0.1) is 6.61 Å². The van der Waals surface area contributed by atoms with Crippen LogP contribution >= 0.6 is 23.5 Å². The first-order valence-electron chi connectivity index (χ1n) is 7.70. The largest absolute Gasteiger partial charge is 0.490 e. The molecule has 2 rings (SSSR count). The Morgan fingerprint density at radius 2 is 1.87 bits per heavy atom. The summed E-state index contributed by atoms with van der Waals surface area (Å²) in [5.74, 6) is 0. The number of hydrogen-bond donors (Lipinski definition) is 6. The average Bonchev–Trinajstić information content (AvgIpc) is 2.73. The number of aliphatic hydroxyl groups is 1. The SMILES string of the molecule is C=C1C=CN([C@@H]2O[C@H](COP(=O)(O)OP(=O)(O)OP(=O)(O)O)[C@H](F)C2(C)O)C(=O)N1. The Morgan fingerprint density at radius 3 is 2.40 bits per heavy atom. The molecule has 2 aliphatic rings. The Labute approximate surface area is 168 Å². The van der Waals surface area contributed by atoms with Crippen molar-refractivity contribution in [2.45, 2.75) is 31.0 Å². The zero-order chi connectivity index (χ0) is 23.1. The third-order valence-electron chi connectivity index (χ3n) is 3.70. The Balaban J connectivity index is 2.07. The number of nitrogens with one attached hydrogen (secondary N) is 1. The van der Waals surface area contributed by atoms with Crippen LogP contribution in [0.15, 0.2) is 24.6 Å². The monoisotopic (exact) mass is 498 g/mol. The molecule has 1 fully saturated rings. The molecule has 0 aromatic heterocycles. The van der Waals surface area contributed by atoms with Gasteiger partial charge >= 0.3 is 29.5 Å². The number of phosphoric ester groups is 1. The van der Waals surface area contributed by atoms with E-state index >= 15 is 0 Å². The van der Waals surface area contributed by atoms with Crippen molar-refractivity contribution >= 4 is 29.5 Å². The van der Waals surface area contributed by atoms with E-state index in [-0.39, 0.29) is 5.70 Å². The van der Waals surface area contributed by atoms with Gasteiger partial charge in [0.25, 0.3) is 0 Å². The summed E-state index contributed by atoms with van der Waals surface area (Å²) >= 11 is 0. The fourth-order valence-corrected chi connectivity index (χ4v) is 5.52. The summed E-state index contributed by atoms with van der Waals surface area (Å²) in [4.78, 5) is 48.2. The molecule has 2 amide bonds. The summed E-state index contributed by atoms with van der Waals surface area (Å²) in [7, 11) is -16.8. The highest BCUT2D eigenvalue weighted by Gasteiger charge is 2.57. The second-order valence-electron chi connectivity index (χ2n) is 6.22. The van der Waals surface area contributed by atoms with Gasteiger partial charge in [-0.15, -0.1) is 0 Å². The molecule has 0 bridgehead atoms. The number of nitrogens with zero attached hydrogens (tertiary/aromatic N) is 1. The lowest BCUT2D eigenvalue weighted by Crippen LogP contribution is -2.55. The van der Waals surface area contributed by atoms with E-state index < -0.39 is 60.2 Å². The molecule has 19 heteroatoms. The fraction of sp³-hybridized carbons (Fsp3) is 0.545. The van der Waals surface area contributed by atoms with E-state index in [0.29, 0.717) is 0 Å². The number of urea groups is 1. The van der Waals surface area contributed by atoms with Crippen LogP contribution in [0, 0.1) is 0 Å². The molecule has 1 saturated heterocycles. The van der Waals surface area contributed by atoms with E-state index in [0.717, 1.165) is 18.0 Å². The average molecular weight is 498 g/mol. The molecule has 6 atom stereocenters. The summed E-state index contributed by atoms with van der Waals surface area (Å²) in [6, 6.07) is -0.812. The number of phosphoric acid groups is 3. The maximum atomic E-state index is 14.6. The van der Waals surface area contributed by atoms with Crippen LogP contribution in [0.25, 0.3) is 0 Å². The van der Waals surface area contributed by atoms with Gasteiger partial charge in [0.15, 0.2) is 12.4 Å². The van der Waals surface area contributed by atoms with Crippen LogP contribution in [0.1, 0.15) is 6.92 Å². The first-order valence-corrected chi connectivity index (χ1v) is 12.2. The number of carbonyl (C=O) groups is 1. The Morgan fingerprint density at radius 1 is 1.27 bits per heavy atom. The van der Waals surface area contributed by atoms with Crippen molar-refractivity contribution in [3.05, 3.63) is 24.6 Å². The van der Waals surface area contributed by atoms with E-state index in [1.54, 1.807) is 0 Å². The summed E-state index contributed by atoms with van der Waals surface area (Å²) in [5, 5.41) is 12.7. The highest BCUT2D eigenvalue weighted by atomic mass is 31.3. The van der Waals surface area contributed by atoms with Gasteiger partial charge in [-0.3, -0.25) is 9.42 Å². The number of carbonyl (C=O) groups excluding carboxylic acids is 1. The predicted octanol–water partition coefficient (Wildman–Crippen LogP) is 0.196. The minimum Gasteiger partial charge on any atom is -0.382 e. The van der Waals surface area contributed by atoms with E-state index in [1.165, 1.54) is 6.08 Å². The van der Waals surface area contributed by atoms with Gasteiger partial charge in [0, 0.05) is 11.9 Å². The molecule has 172 valence electrons. The molecule has 0 saturated carbocycles. The molecule has 0 aromatic rings. The minimum absolute atomic E-state index is 0.217. The predicted molar refractivity (Wildman–Crippen MR) is 92.6 cm³/mol. The quantitative estimate of drug-likeness (QED) is 0.246. The number of rotatable bonds is 8. The van der Waals surface area contributed by atoms with Crippen LogP contribution in [0.2, 0.25) is 0 Å². The number of allylic oxidation sites excluding steroid dienone is 1. The molecule has 30 heavy (non-hydrogen) atoms. The Kier molecular flexibility index (Phi) is 7.17. The number of amides is 2. The van der Waals surface area contributed by atoms with Gasteiger partial charge < -0.3 is 34.7 Å². The van der Waals surface area contributed by atoms with Crippen molar-refractivity contribution in [2.24, 2.45) is 0 Å². The van der Waals surface area contributed by atoms with Crippen molar-refractivity contribution in [1.29, 1.82) is 0 Å². The Bertz CT molecular complexity index is 888. The lowest BCUT2D eigenvalue weighted by atomic mass is 9.97. The van der Waals surface area contributed by atoms with Crippen LogP contribution in [0.3, 0.4) is 0 Å². The summed E-state index contributed by atoms with van der Waals surface area (Å²) in [5.41, 5.74) is -2.10. The molecule has 2 heterocycles. The summed E-state index contributed by atoms with van der Waals surface area (Å²) in [6.07, 6.45) is -3.17. The molecule has 0 aromatic carbocycles. The van der Waals surface area contributed by atoms with Gasteiger partial charge in [0.1, 0.15) is 11.7 Å². The van der Waals surface area contributed by atoms with E-state index in [1.807, 2.05) is 0 Å². The molecular formula is C11H18FN2O13P3.